The Balaban J connectivity index is 2.22. The summed E-state index contributed by atoms with van der Waals surface area (Å²) in [6.07, 6.45) is 3.57. The lowest BCUT2D eigenvalue weighted by Gasteiger charge is -2.26. The summed E-state index contributed by atoms with van der Waals surface area (Å²) in [6, 6.07) is 0. The highest BCUT2D eigenvalue weighted by molar-refractivity contribution is 5.87. The van der Waals surface area contributed by atoms with Crippen molar-refractivity contribution in [2.75, 3.05) is 6.61 Å². The number of aliphatic carboxylic acids is 1. The number of carbonyl (C=O) groups is 1. The Labute approximate surface area is 77.4 Å². The Morgan fingerprint density at radius 2 is 2.38 bits per heavy atom. The van der Waals surface area contributed by atoms with Crippen molar-refractivity contribution in [1.29, 1.82) is 0 Å². The van der Waals surface area contributed by atoms with E-state index in [9.17, 15) is 4.79 Å². The molecule has 0 radical (unpaired) electrons. The van der Waals surface area contributed by atoms with Crippen LogP contribution in [0.3, 0.4) is 0 Å². The van der Waals surface area contributed by atoms with Crippen LogP contribution in [0.4, 0.5) is 0 Å². The largest absolute Gasteiger partial charge is 0.500 e. The lowest BCUT2D eigenvalue weighted by molar-refractivity contribution is -0.134. The van der Waals surface area contributed by atoms with Crippen LogP contribution in [0.15, 0.2) is 11.8 Å². The molecule has 2 aliphatic rings. The average molecular weight is 182 g/mol. The summed E-state index contributed by atoms with van der Waals surface area (Å²) in [6.45, 7) is 2.88. The predicted molar refractivity (Wildman–Crippen MR) is 47.0 cm³/mol. The van der Waals surface area contributed by atoms with E-state index in [1.807, 2.05) is 0 Å². The molecule has 13 heavy (non-hydrogen) atoms. The Morgan fingerprint density at radius 1 is 1.62 bits per heavy atom. The van der Waals surface area contributed by atoms with Crippen molar-refractivity contribution in [3.8, 4) is 0 Å². The lowest BCUT2D eigenvalue weighted by Crippen LogP contribution is -2.27. The maximum atomic E-state index is 10.9. The van der Waals surface area contributed by atoms with E-state index in [-0.39, 0.29) is 5.92 Å². The molecule has 3 atom stereocenters. The van der Waals surface area contributed by atoms with Gasteiger partial charge in [-0.05, 0) is 18.8 Å². The number of hydrogen-bond acceptors (Lipinski definition) is 2. The highest BCUT2D eigenvalue weighted by Gasteiger charge is 2.40. The van der Waals surface area contributed by atoms with Gasteiger partial charge in [0.1, 0.15) is 0 Å². The van der Waals surface area contributed by atoms with Gasteiger partial charge in [0.2, 0.25) is 0 Å². The zero-order valence-electron chi connectivity index (χ0n) is 7.69. The molecule has 0 aromatic heterocycles. The number of ether oxygens (including phenoxy) is 1. The van der Waals surface area contributed by atoms with Crippen LogP contribution < -0.4 is 0 Å². The van der Waals surface area contributed by atoms with Gasteiger partial charge in [-0.3, -0.25) is 0 Å². The van der Waals surface area contributed by atoms with Gasteiger partial charge in [-0.2, -0.15) is 0 Å². The minimum atomic E-state index is -0.816. The monoisotopic (exact) mass is 182 g/mol. The fraction of sp³-hybridized carbons (Fsp3) is 0.700. The molecule has 0 amide bonds. The summed E-state index contributed by atoms with van der Waals surface area (Å²) in [5, 5.41) is 8.92. The third kappa shape index (κ3) is 1.32. The first-order chi connectivity index (χ1) is 6.20. The van der Waals surface area contributed by atoms with Crippen molar-refractivity contribution >= 4 is 5.97 Å². The first-order valence-corrected chi connectivity index (χ1v) is 4.75. The smallest absolute Gasteiger partial charge is 0.334 e. The minimum absolute atomic E-state index is 0.237. The Hall–Kier alpha value is -0.990. The van der Waals surface area contributed by atoms with Gasteiger partial charge in [0.25, 0.3) is 0 Å². The van der Waals surface area contributed by atoms with E-state index in [0.717, 1.165) is 12.8 Å². The third-order valence-electron chi connectivity index (χ3n) is 3.33. The van der Waals surface area contributed by atoms with Crippen LogP contribution >= 0.6 is 0 Å². The molecule has 0 bridgehead atoms. The zero-order chi connectivity index (χ0) is 9.42. The summed E-state index contributed by atoms with van der Waals surface area (Å²) in [5.41, 5.74) is 0.473. The van der Waals surface area contributed by atoms with E-state index in [1.54, 1.807) is 0 Å². The second-order valence-corrected chi connectivity index (χ2v) is 4.04. The van der Waals surface area contributed by atoms with Crippen molar-refractivity contribution in [2.45, 2.75) is 19.8 Å². The second-order valence-electron chi connectivity index (χ2n) is 4.04. The van der Waals surface area contributed by atoms with Crippen LogP contribution in [0.5, 0.6) is 0 Å². The van der Waals surface area contributed by atoms with E-state index in [0.29, 0.717) is 24.0 Å². The molecule has 1 aliphatic heterocycles. The Morgan fingerprint density at radius 3 is 3.08 bits per heavy atom. The average Bonchev–Trinajstić information content (AvgIpc) is 2.48. The molecule has 0 spiro atoms. The van der Waals surface area contributed by atoms with E-state index < -0.39 is 5.97 Å². The lowest BCUT2D eigenvalue weighted by atomic mass is 9.85. The molecule has 0 unspecified atom stereocenters. The molecule has 1 fully saturated rings. The molecule has 3 nitrogen and oxygen atoms in total. The van der Waals surface area contributed by atoms with Gasteiger partial charge in [0, 0.05) is 11.8 Å². The molecule has 1 saturated carbocycles. The van der Waals surface area contributed by atoms with Crippen molar-refractivity contribution in [1.82, 2.24) is 0 Å². The van der Waals surface area contributed by atoms with E-state index in [4.69, 9.17) is 9.84 Å². The maximum Gasteiger partial charge on any atom is 0.334 e. The highest BCUT2D eigenvalue weighted by atomic mass is 16.5. The summed E-state index contributed by atoms with van der Waals surface area (Å²) >= 11 is 0. The molecule has 1 N–H and O–H groups in total. The maximum absolute atomic E-state index is 10.9. The number of carboxylic acids is 1. The fourth-order valence-corrected chi connectivity index (χ4v) is 2.48. The van der Waals surface area contributed by atoms with Gasteiger partial charge in [-0.1, -0.05) is 6.92 Å². The van der Waals surface area contributed by atoms with Crippen LogP contribution in [0.2, 0.25) is 0 Å². The van der Waals surface area contributed by atoms with Crippen LogP contribution in [0, 0.1) is 17.8 Å². The number of rotatable bonds is 1. The fourth-order valence-electron chi connectivity index (χ4n) is 2.48. The van der Waals surface area contributed by atoms with E-state index >= 15 is 0 Å². The van der Waals surface area contributed by atoms with Crippen molar-refractivity contribution < 1.29 is 14.6 Å². The number of fused-ring (bicyclic) bond motifs is 1. The van der Waals surface area contributed by atoms with Crippen LogP contribution in [0.25, 0.3) is 0 Å². The summed E-state index contributed by atoms with van der Waals surface area (Å²) < 4.78 is 5.18. The minimum Gasteiger partial charge on any atom is -0.500 e. The first-order valence-electron chi connectivity index (χ1n) is 4.75. The molecule has 3 heteroatoms. The molecule has 0 saturated heterocycles. The van der Waals surface area contributed by atoms with Crippen molar-refractivity contribution in [3.05, 3.63) is 11.8 Å². The topological polar surface area (TPSA) is 46.5 Å². The molecule has 1 heterocycles. The Bertz CT molecular complexity index is 257. The molecule has 0 aromatic rings. The normalized spacial score (nSPS) is 37.6. The molecule has 72 valence electrons. The molecular weight excluding hydrogens is 168 g/mol. The van der Waals surface area contributed by atoms with Gasteiger partial charge in [-0.15, -0.1) is 0 Å². The third-order valence-corrected chi connectivity index (χ3v) is 3.33. The predicted octanol–water partition coefficient (Wildman–Crippen LogP) is 1.65. The number of carboxylic acid groups (broad SMARTS) is 1. The Kier molecular flexibility index (Phi) is 2.02. The van der Waals surface area contributed by atoms with E-state index in [2.05, 4.69) is 6.92 Å². The summed E-state index contributed by atoms with van der Waals surface area (Å²) in [5.74, 6) is 0.453. The van der Waals surface area contributed by atoms with Gasteiger partial charge < -0.3 is 9.84 Å². The van der Waals surface area contributed by atoms with Crippen LogP contribution in [-0.2, 0) is 9.53 Å². The van der Waals surface area contributed by atoms with Crippen LogP contribution in [-0.4, -0.2) is 17.7 Å². The molecular formula is C10H14O3. The van der Waals surface area contributed by atoms with Crippen LogP contribution in [0.1, 0.15) is 19.8 Å². The summed E-state index contributed by atoms with van der Waals surface area (Å²) in [4.78, 5) is 10.9. The second kappa shape index (κ2) is 3.05. The summed E-state index contributed by atoms with van der Waals surface area (Å²) in [7, 11) is 0. The molecule has 1 aliphatic carbocycles. The van der Waals surface area contributed by atoms with Crippen molar-refractivity contribution in [2.24, 2.45) is 17.8 Å². The highest BCUT2D eigenvalue weighted by Crippen LogP contribution is 2.43. The van der Waals surface area contributed by atoms with Gasteiger partial charge >= 0.3 is 5.97 Å². The van der Waals surface area contributed by atoms with Gasteiger partial charge in [0.15, 0.2) is 0 Å². The van der Waals surface area contributed by atoms with Gasteiger partial charge in [0.05, 0.1) is 18.4 Å². The van der Waals surface area contributed by atoms with E-state index in [1.165, 1.54) is 6.26 Å². The first kappa shape index (κ1) is 8.60. The standard InChI is InChI=1S/C10H14O3/c1-6-2-3-7-8(6)4-13-5-9(7)10(11)12/h5-8H,2-4H2,1H3,(H,11,12)/t6-,7-,8+/m1/s1. The van der Waals surface area contributed by atoms with Gasteiger partial charge in [-0.25, -0.2) is 4.79 Å². The zero-order valence-corrected chi connectivity index (χ0v) is 7.69. The number of hydrogen-bond donors (Lipinski definition) is 1. The molecule has 0 aromatic carbocycles. The quantitative estimate of drug-likeness (QED) is 0.670. The molecule has 2 rings (SSSR count). The van der Waals surface area contributed by atoms with Crippen molar-refractivity contribution in [3.63, 3.8) is 0 Å². The SMILES string of the molecule is C[C@@H]1CC[C@H]2C(C(=O)O)=COC[C@@H]12.